The highest BCUT2D eigenvalue weighted by atomic mass is 16.1. The molecule has 0 atom stereocenters. The highest BCUT2D eigenvalue weighted by Gasteiger charge is 2.15. The Hall–Kier alpha value is -1.39. The normalized spacial score (nSPS) is 16.9. The zero-order valence-corrected chi connectivity index (χ0v) is 14.1. The van der Waals surface area contributed by atoms with E-state index in [1.807, 2.05) is 38.4 Å². The van der Waals surface area contributed by atoms with Crippen LogP contribution in [0.2, 0.25) is 0 Å². The molecule has 0 radical (unpaired) electrons. The lowest BCUT2D eigenvalue weighted by molar-refractivity contribution is 0.0944. The lowest BCUT2D eigenvalue weighted by Gasteiger charge is -2.30. The van der Waals surface area contributed by atoms with Crippen molar-refractivity contribution in [1.82, 2.24) is 15.1 Å². The van der Waals surface area contributed by atoms with Crippen LogP contribution in [0.1, 0.15) is 35.7 Å². The monoisotopic (exact) mass is 303 g/mol. The number of carbonyl (C=O) groups is 1. The SMILES string of the molecule is CC1CCN(CCNC(=O)c2ccc(CN(C)C)cc2)CC1. The van der Waals surface area contributed by atoms with Crippen LogP contribution in [-0.4, -0.2) is 56.0 Å². The van der Waals surface area contributed by atoms with E-state index in [0.29, 0.717) is 0 Å². The Morgan fingerprint density at radius 1 is 1.23 bits per heavy atom. The minimum atomic E-state index is 0.0294. The molecule has 0 aromatic heterocycles. The number of likely N-dealkylation sites (tertiary alicyclic amines) is 1. The lowest BCUT2D eigenvalue weighted by Crippen LogP contribution is -2.39. The molecule has 1 fully saturated rings. The molecular weight excluding hydrogens is 274 g/mol. The van der Waals surface area contributed by atoms with Gasteiger partial charge in [-0.05, 0) is 63.6 Å². The van der Waals surface area contributed by atoms with Crippen LogP contribution >= 0.6 is 0 Å². The van der Waals surface area contributed by atoms with E-state index in [1.54, 1.807) is 0 Å². The van der Waals surface area contributed by atoms with Crippen LogP contribution in [0.3, 0.4) is 0 Å². The Bertz CT molecular complexity index is 462. The second-order valence-electron chi connectivity index (χ2n) is 6.71. The predicted octanol–water partition coefficient (Wildman–Crippen LogP) is 2.21. The minimum absolute atomic E-state index is 0.0294. The van der Waals surface area contributed by atoms with E-state index < -0.39 is 0 Å². The van der Waals surface area contributed by atoms with E-state index in [0.717, 1.165) is 44.2 Å². The van der Waals surface area contributed by atoms with Crippen LogP contribution in [-0.2, 0) is 6.54 Å². The quantitative estimate of drug-likeness (QED) is 0.875. The molecule has 1 aliphatic rings. The highest BCUT2D eigenvalue weighted by molar-refractivity contribution is 5.94. The highest BCUT2D eigenvalue weighted by Crippen LogP contribution is 2.15. The van der Waals surface area contributed by atoms with E-state index >= 15 is 0 Å². The Labute approximate surface area is 134 Å². The molecular formula is C18H29N3O. The first kappa shape index (κ1) is 17.0. The van der Waals surface area contributed by atoms with Gasteiger partial charge in [-0.25, -0.2) is 0 Å². The Morgan fingerprint density at radius 3 is 2.45 bits per heavy atom. The van der Waals surface area contributed by atoms with Crippen molar-refractivity contribution in [1.29, 1.82) is 0 Å². The average molecular weight is 303 g/mol. The number of nitrogens with zero attached hydrogens (tertiary/aromatic N) is 2. The van der Waals surface area contributed by atoms with Crippen molar-refractivity contribution < 1.29 is 4.79 Å². The molecule has 1 aromatic carbocycles. The van der Waals surface area contributed by atoms with Crippen molar-refractivity contribution in [2.24, 2.45) is 5.92 Å². The van der Waals surface area contributed by atoms with Gasteiger partial charge in [0.2, 0.25) is 0 Å². The van der Waals surface area contributed by atoms with E-state index in [2.05, 4.69) is 22.0 Å². The molecule has 1 aromatic rings. The summed E-state index contributed by atoms with van der Waals surface area (Å²) in [6.45, 7) is 7.23. The number of hydrogen-bond acceptors (Lipinski definition) is 3. The van der Waals surface area contributed by atoms with E-state index in [-0.39, 0.29) is 5.91 Å². The summed E-state index contributed by atoms with van der Waals surface area (Å²) in [5, 5.41) is 3.03. The van der Waals surface area contributed by atoms with Gasteiger partial charge in [0.15, 0.2) is 0 Å². The number of hydrogen-bond donors (Lipinski definition) is 1. The lowest BCUT2D eigenvalue weighted by atomic mass is 9.99. The average Bonchev–Trinajstić information content (AvgIpc) is 2.49. The molecule has 0 bridgehead atoms. The Balaban J connectivity index is 1.72. The van der Waals surface area contributed by atoms with Gasteiger partial charge < -0.3 is 15.1 Å². The van der Waals surface area contributed by atoms with Crippen molar-refractivity contribution in [3.63, 3.8) is 0 Å². The van der Waals surface area contributed by atoms with Gasteiger partial charge in [-0.3, -0.25) is 4.79 Å². The molecule has 1 amide bonds. The van der Waals surface area contributed by atoms with E-state index in [9.17, 15) is 4.79 Å². The predicted molar refractivity (Wildman–Crippen MR) is 91.0 cm³/mol. The first-order valence-corrected chi connectivity index (χ1v) is 8.29. The maximum Gasteiger partial charge on any atom is 0.251 e. The van der Waals surface area contributed by atoms with Crippen LogP contribution < -0.4 is 5.32 Å². The van der Waals surface area contributed by atoms with Gasteiger partial charge >= 0.3 is 0 Å². The molecule has 1 N–H and O–H groups in total. The molecule has 1 heterocycles. The van der Waals surface area contributed by atoms with Gasteiger partial charge in [0.25, 0.3) is 5.91 Å². The maximum absolute atomic E-state index is 12.1. The largest absolute Gasteiger partial charge is 0.351 e. The summed E-state index contributed by atoms with van der Waals surface area (Å²) in [5.41, 5.74) is 1.97. The molecule has 1 aliphatic heterocycles. The molecule has 0 unspecified atom stereocenters. The summed E-state index contributed by atoms with van der Waals surface area (Å²) in [5.74, 6) is 0.883. The van der Waals surface area contributed by atoms with Crippen LogP contribution in [0.5, 0.6) is 0 Å². The fraction of sp³-hybridized carbons (Fsp3) is 0.611. The molecule has 0 aliphatic carbocycles. The first-order chi connectivity index (χ1) is 10.5. The second kappa shape index (κ2) is 8.30. The molecule has 122 valence electrons. The number of carbonyl (C=O) groups excluding carboxylic acids is 1. The summed E-state index contributed by atoms with van der Waals surface area (Å²) >= 11 is 0. The molecule has 1 saturated heterocycles. The summed E-state index contributed by atoms with van der Waals surface area (Å²) in [4.78, 5) is 16.7. The van der Waals surface area contributed by atoms with Crippen LogP contribution in [0, 0.1) is 5.92 Å². The fourth-order valence-electron chi connectivity index (χ4n) is 2.84. The van der Waals surface area contributed by atoms with E-state index in [1.165, 1.54) is 18.4 Å². The second-order valence-corrected chi connectivity index (χ2v) is 6.71. The van der Waals surface area contributed by atoms with Gasteiger partial charge in [0.05, 0.1) is 0 Å². The first-order valence-electron chi connectivity index (χ1n) is 8.29. The summed E-state index contributed by atoms with van der Waals surface area (Å²) in [6.07, 6.45) is 2.56. The third-order valence-corrected chi connectivity index (χ3v) is 4.30. The standard InChI is InChI=1S/C18H29N3O/c1-15-8-11-21(12-9-15)13-10-19-18(22)17-6-4-16(5-7-17)14-20(2)3/h4-7,15H,8-14H2,1-3H3,(H,19,22). The molecule has 0 saturated carbocycles. The third kappa shape index (κ3) is 5.43. The van der Waals surface area contributed by atoms with Crippen molar-refractivity contribution >= 4 is 5.91 Å². The van der Waals surface area contributed by atoms with Crippen molar-refractivity contribution in [2.45, 2.75) is 26.3 Å². The van der Waals surface area contributed by atoms with Crippen LogP contribution in [0.15, 0.2) is 24.3 Å². The fourth-order valence-corrected chi connectivity index (χ4v) is 2.84. The van der Waals surface area contributed by atoms with Crippen molar-refractivity contribution in [3.05, 3.63) is 35.4 Å². The van der Waals surface area contributed by atoms with Gasteiger partial charge in [-0.2, -0.15) is 0 Å². The number of rotatable bonds is 6. The van der Waals surface area contributed by atoms with Gasteiger partial charge in [-0.15, -0.1) is 0 Å². The summed E-state index contributed by atoms with van der Waals surface area (Å²) < 4.78 is 0. The molecule has 2 rings (SSSR count). The number of amides is 1. The van der Waals surface area contributed by atoms with E-state index in [4.69, 9.17) is 0 Å². The topological polar surface area (TPSA) is 35.6 Å². The number of nitrogens with one attached hydrogen (secondary N) is 1. The van der Waals surface area contributed by atoms with Gasteiger partial charge in [0.1, 0.15) is 0 Å². The minimum Gasteiger partial charge on any atom is -0.351 e. The number of piperidine rings is 1. The van der Waals surface area contributed by atoms with Crippen molar-refractivity contribution in [2.75, 3.05) is 40.3 Å². The summed E-state index contributed by atoms with van der Waals surface area (Å²) in [7, 11) is 4.09. The number of benzene rings is 1. The van der Waals surface area contributed by atoms with Gasteiger partial charge in [0, 0.05) is 25.2 Å². The Morgan fingerprint density at radius 2 is 1.86 bits per heavy atom. The smallest absolute Gasteiger partial charge is 0.251 e. The molecule has 4 heteroatoms. The Kier molecular flexibility index (Phi) is 6.40. The molecule has 22 heavy (non-hydrogen) atoms. The zero-order valence-electron chi connectivity index (χ0n) is 14.1. The maximum atomic E-state index is 12.1. The van der Waals surface area contributed by atoms with Crippen LogP contribution in [0.25, 0.3) is 0 Å². The molecule has 0 spiro atoms. The van der Waals surface area contributed by atoms with Crippen LogP contribution in [0.4, 0.5) is 0 Å². The zero-order chi connectivity index (χ0) is 15.9. The third-order valence-electron chi connectivity index (χ3n) is 4.30. The van der Waals surface area contributed by atoms with Gasteiger partial charge in [-0.1, -0.05) is 19.1 Å². The van der Waals surface area contributed by atoms with Crippen molar-refractivity contribution in [3.8, 4) is 0 Å². The molecule has 4 nitrogen and oxygen atoms in total. The summed E-state index contributed by atoms with van der Waals surface area (Å²) in [6, 6.07) is 7.88.